The molecule has 0 saturated carbocycles. The molecule has 0 spiro atoms. The van der Waals surface area contributed by atoms with Gasteiger partial charge in [-0.15, -0.1) is 0 Å². The second-order valence-electron chi connectivity index (χ2n) is 4.95. The summed E-state index contributed by atoms with van der Waals surface area (Å²) in [5, 5.41) is 9.21. The molecule has 0 aliphatic carbocycles. The van der Waals surface area contributed by atoms with Gasteiger partial charge in [0.2, 0.25) is 0 Å². The van der Waals surface area contributed by atoms with Crippen molar-refractivity contribution in [2.75, 3.05) is 0 Å². The minimum absolute atomic E-state index is 0.276. The standard InChI is InChI=1S/C15H17N3O3/c1-9(14(19)20)13-10(2)17-15(21)18(11(13)3)8-12-6-4-5-7-16-12/h4-7,9H,8H2,1-3H3,(H,19,20). The fourth-order valence-electron chi connectivity index (χ4n) is 2.40. The minimum atomic E-state index is -0.939. The number of carboxylic acid groups (broad SMARTS) is 1. The summed E-state index contributed by atoms with van der Waals surface area (Å²) in [5.74, 6) is -1.65. The molecule has 2 heterocycles. The second kappa shape index (κ2) is 5.87. The Kier molecular flexibility index (Phi) is 4.16. The number of hydrogen-bond acceptors (Lipinski definition) is 4. The Morgan fingerprint density at radius 1 is 1.38 bits per heavy atom. The van der Waals surface area contributed by atoms with Gasteiger partial charge in [0, 0.05) is 23.1 Å². The maximum absolute atomic E-state index is 12.1. The van der Waals surface area contributed by atoms with Crippen molar-refractivity contribution >= 4 is 5.97 Å². The SMILES string of the molecule is Cc1nc(=O)n(Cc2ccccn2)c(C)c1C(C)C(=O)O. The molecule has 0 saturated heterocycles. The van der Waals surface area contributed by atoms with Gasteiger partial charge in [0.1, 0.15) is 0 Å². The van der Waals surface area contributed by atoms with Crippen molar-refractivity contribution < 1.29 is 9.90 Å². The summed E-state index contributed by atoms with van der Waals surface area (Å²) in [5.41, 5.74) is 2.00. The first kappa shape index (κ1) is 14.9. The molecule has 1 unspecified atom stereocenters. The average molecular weight is 287 g/mol. The summed E-state index contributed by atoms with van der Waals surface area (Å²) >= 11 is 0. The molecule has 6 nitrogen and oxygen atoms in total. The minimum Gasteiger partial charge on any atom is -0.481 e. The van der Waals surface area contributed by atoms with E-state index in [4.69, 9.17) is 0 Å². The van der Waals surface area contributed by atoms with E-state index < -0.39 is 17.6 Å². The quantitative estimate of drug-likeness (QED) is 0.921. The number of carbonyl (C=O) groups is 1. The molecule has 1 atom stereocenters. The number of nitrogens with zero attached hydrogens (tertiary/aromatic N) is 3. The molecule has 6 heteroatoms. The highest BCUT2D eigenvalue weighted by molar-refractivity contribution is 5.76. The summed E-state index contributed by atoms with van der Waals surface area (Å²) in [4.78, 5) is 31.5. The number of aryl methyl sites for hydroxylation is 1. The molecule has 0 aliphatic rings. The molecule has 0 bridgehead atoms. The van der Waals surface area contributed by atoms with E-state index in [-0.39, 0.29) is 6.54 Å². The number of hydrogen-bond donors (Lipinski definition) is 1. The normalized spacial score (nSPS) is 12.1. The van der Waals surface area contributed by atoms with E-state index >= 15 is 0 Å². The maximum atomic E-state index is 12.1. The molecular weight excluding hydrogens is 270 g/mol. The molecule has 0 aliphatic heterocycles. The van der Waals surface area contributed by atoms with E-state index in [9.17, 15) is 14.7 Å². The van der Waals surface area contributed by atoms with E-state index in [1.54, 1.807) is 33.0 Å². The van der Waals surface area contributed by atoms with Crippen molar-refractivity contribution in [1.29, 1.82) is 0 Å². The Bertz CT molecular complexity index is 723. The fraction of sp³-hybridized carbons (Fsp3) is 0.333. The van der Waals surface area contributed by atoms with Crippen LogP contribution in [0, 0.1) is 13.8 Å². The molecule has 0 amide bonds. The Labute approximate surface area is 122 Å². The van der Waals surface area contributed by atoms with Gasteiger partial charge in [-0.3, -0.25) is 14.3 Å². The zero-order valence-corrected chi connectivity index (χ0v) is 12.2. The first-order chi connectivity index (χ1) is 9.91. The highest BCUT2D eigenvalue weighted by Crippen LogP contribution is 2.21. The molecular formula is C15H17N3O3. The maximum Gasteiger partial charge on any atom is 0.348 e. The number of rotatable bonds is 4. The number of pyridine rings is 1. The van der Waals surface area contributed by atoms with Crippen LogP contribution in [0.2, 0.25) is 0 Å². The van der Waals surface area contributed by atoms with Crippen LogP contribution in [0.1, 0.15) is 35.5 Å². The molecule has 2 aromatic heterocycles. The lowest BCUT2D eigenvalue weighted by Gasteiger charge is -2.17. The Hall–Kier alpha value is -2.50. The second-order valence-corrected chi connectivity index (χ2v) is 4.95. The summed E-state index contributed by atoms with van der Waals surface area (Å²) in [6, 6.07) is 5.45. The van der Waals surface area contributed by atoms with Crippen LogP contribution in [0.5, 0.6) is 0 Å². The van der Waals surface area contributed by atoms with Gasteiger partial charge >= 0.3 is 11.7 Å². The van der Waals surface area contributed by atoms with Crippen molar-refractivity contribution in [2.45, 2.75) is 33.2 Å². The molecule has 21 heavy (non-hydrogen) atoms. The average Bonchev–Trinajstić information content (AvgIpc) is 2.44. The Morgan fingerprint density at radius 3 is 2.67 bits per heavy atom. The van der Waals surface area contributed by atoms with E-state index in [2.05, 4.69) is 9.97 Å². The van der Waals surface area contributed by atoms with Gasteiger partial charge in [0.15, 0.2) is 0 Å². The Balaban J connectivity index is 2.54. The van der Waals surface area contributed by atoms with Crippen molar-refractivity contribution in [2.24, 2.45) is 0 Å². The van der Waals surface area contributed by atoms with E-state index in [0.717, 1.165) is 5.69 Å². The van der Waals surface area contributed by atoms with Gasteiger partial charge in [0.05, 0.1) is 18.2 Å². The van der Waals surface area contributed by atoms with Crippen molar-refractivity contribution in [3.8, 4) is 0 Å². The lowest BCUT2D eigenvalue weighted by Crippen LogP contribution is -2.30. The van der Waals surface area contributed by atoms with E-state index in [0.29, 0.717) is 17.0 Å². The van der Waals surface area contributed by atoms with Gasteiger partial charge in [-0.25, -0.2) is 4.79 Å². The van der Waals surface area contributed by atoms with Gasteiger partial charge < -0.3 is 5.11 Å². The lowest BCUT2D eigenvalue weighted by molar-refractivity contribution is -0.138. The highest BCUT2D eigenvalue weighted by Gasteiger charge is 2.22. The third-order valence-corrected chi connectivity index (χ3v) is 3.53. The smallest absolute Gasteiger partial charge is 0.348 e. The zero-order chi connectivity index (χ0) is 15.6. The molecule has 0 radical (unpaired) electrons. The van der Waals surface area contributed by atoms with E-state index in [1.165, 1.54) is 4.57 Å². The van der Waals surface area contributed by atoms with E-state index in [1.807, 2.05) is 12.1 Å². The predicted octanol–water partition coefficient (Wildman–Crippen LogP) is 1.49. The number of aliphatic carboxylic acids is 1. The summed E-state index contributed by atoms with van der Waals surface area (Å²) in [6.45, 7) is 5.27. The van der Waals surface area contributed by atoms with Crippen LogP contribution in [0.4, 0.5) is 0 Å². The molecule has 110 valence electrons. The number of aromatic nitrogens is 3. The number of carboxylic acids is 1. The van der Waals surface area contributed by atoms with Crippen LogP contribution >= 0.6 is 0 Å². The van der Waals surface area contributed by atoms with Crippen LogP contribution in [-0.2, 0) is 11.3 Å². The lowest BCUT2D eigenvalue weighted by atomic mass is 9.98. The van der Waals surface area contributed by atoms with Crippen LogP contribution in [0.3, 0.4) is 0 Å². The predicted molar refractivity (Wildman–Crippen MR) is 77.4 cm³/mol. The molecule has 2 aromatic rings. The van der Waals surface area contributed by atoms with Crippen LogP contribution in [-0.4, -0.2) is 25.6 Å². The van der Waals surface area contributed by atoms with Crippen LogP contribution in [0.15, 0.2) is 29.2 Å². The summed E-state index contributed by atoms with van der Waals surface area (Å²) in [6.07, 6.45) is 1.65. The van der Waals surface area contributed by atoms with Gasteiger partial charge in [-0.05, 0) is 32.9 Å². The molecule has 0 fully saturated rings. The third-order valence-electron chi connectivity index (χ3n) is 3.53. The zero-order valence-electron chi connectivity index (χ0n) is 12.2. The highest BCUT2D eigenvalue weighted by atomic mass is 16.4. The largest absolute Gasteiger partial charge is 0.481 e. The monoisotopic (exact) mass is 287 g/mol. The van der Waals surface area contributed by atoms with Crippen molar-refractivity contribution in [1.82, 2.24) is 14.5 Å². The third kappa shape index (κ3) is 2.99. The molecule has 0 aromatic carbocycles. The Morgan fingerprint density at radius 2 is 2.10 bits per heavy atom. The summed E-state index contributed by atoms with van der Waals surface area (Å²) < 4.78 is 1.46. The molecule has 1 N–H and O–H groups in total. The fourth-order valence-corrected chi connectivity index (χ4v) is 2.40. The topological polar surface area (TPSA) is 85.1 Å². The van der Waals surface area contributed by atoms with Crippen LogP contribution < -0.4 is 5.69 Å². The first-order valence-corrected chi connectivity index (χ1v) is 6.62. The summed E-state index contributed by atoms with van der Waals surface area (Å²) in [7, 11) is 0. The van der Waals surface area contributed by atoms with Crippen molar-refractivity contribution in [3.63, 3.8) is 0 Å². The van der Waals surface area contributed by atoms with Crippen molar-refractivity contribution in [3.05, 3.63) is 57.5 Å². The molecule has 2 rings (SSSR count). The van der Waals surface area contributed by atoms with Gasteiger partial charge in [-0.2, -0.15) is 4.98 Å². The first-order valence-electron chi connectivity index (χ1n) is 6.62. The van der Waals surface area contributed by atoms with Crippen LogP contribution in [0.25, 0.3) is 0 Å². The van der Waals surface area contributed by atoms with Gasteiger partial charge in [-0.1, -0.05) is 6.07 Å². The van der Waals surface area contributed by atoms with Gasteiger partial charge in [0.25, 0.3) is 0 Å².